The highest BCUT2D eigenvalue weighted by atomic mass is 16.4. The topological polar surface area (TPSA) is 50.5 Å². The van der Waals surface area contributed by atoms with E-state index in [1.54, 1.807) is 4.90 Å². The van der Waals surface area contributed by atoms with Crippen molar-refractivity contribution in [2.24, 2.45) is 5.41 Å². The van der Waals surface area contributed by atoms with E-state index in [9.17, 15) is 9.59 Å². The number of carbonyl (C=O) groups is 2. The van der Waals surface area contributed by atoms with Gasteiger partial charge in [-0.25, -0.2) is 0 Å². The van der Waals surface area contributed by atoms with Crippen LogP contribution in [-0.4, -0.2) is 18.2 Å². The van der Waals surface area contributed by atoms with Crippen LogP contribution in [0.1, 0.15) is 59.4 Å². The number of furan rings is 1. The monoisotopic (exact) mass is 375 g/mol. The Morgan fingerprint density at radius 3 is 2.57 bits per heavy atom. The molecule has 4 heteroatoms. The molecule has 4 rings (SSSR count). The SMILES string of the molecule is CCN(C(=O)c1oc2c(c1C)C(=O)CC(C)(C)C2)c1cccc2ccccc12. The number of amides is 1. The van der Waals surface area contributed by atoms with E-state index in [0.29, 0.717) is 36.3 Å². The summed E-state index contributed by atoms with van der Waals surface area (Å²) < 4.78 is 6.01. The molecule has 3 aromatic rings. The molecule has 0 bridgehead atoms. The fourth-order valence-corrected chi connectivity index (χ4v) is 4.28. The van der Waals surface area contributed by atoms with Gasteiger partial charge >= 0.3 is 0 Å². The lowest BCUT2D eigenvalue weighted by Gasteiger charge is -2.27. The minimum Gasteiger partial charge on any atom is -0.455 e. The fourth-order valence-electron chi connectivity index (χ4n) is 4.28. The van der Waals surface area contributed by atoms with Crippen LogP contribution >= 0.6 is 0 Å². The normalized spacial score (nSPS) is 15.5. The highest BCUT2D eigenvalue weighted by Crippen LogP contribution is 2.39. The van der Waals surface area contributed by atoms with Crippen LogP contribution in [0.5, 0.6) is 0 Å². The van der Waals surface area contributed by atoms with Gasteiger partial charge in [-0.1, -0.05) is 50.2 Å². The van der Waals surface area contributed by atoms with Crippen molar-refractivity contribution in [2.75, 3.05) is 11.4 Å². The maximum atomic E-state index is 13.4. The third kappa shape index (κ3) is 2.93. The van der Waals surface area contributed by atoms with E-state index < -0.39 is 0 Å². The summed E-state index contributed by atoms with van der Waals surface area (Å²) in [5.41, 5.74) is 1.98. The first-order valence-corrected chi connectivity index (χ1v) is 9.77. The van der Waals surface area contributed by atoms with Gasteiger partial charge in [0.25, 0.3) is 5.91 Å². The van der Waals surface area contributed by atoms with Crippen LogP contribution in [0.4, 0.5) is 5.69 Å². The van der Waals surface area contributed by atoms with E-state index in [1.165, 1.54) is 0 Å². The summed E-state index contributed by atoms with van der Waals surface area (Å²) in [5, 5.41) is 2.10. The van der Waals surface area contributed by atoms with Gasteiger partial charge < -0.3 is 9.32 Å². The van der Waals surface area contributed by atoms with Crippen LogP contribution in [0, 0.1) is 12.3 Å². The number of nitrogens with zero attached hydrogens (tertiary/aromatic N) is 1. The molecule has 0 N–H and O–H groups in total. The summed E-state index contributed by atoms with van der Waals surface area (Å²) >= 11 is 0. The Kier molecular flexibility index (Phi) is 4.37. The summed E-state index contributed by atoms with van der Waals surface area (Å²) in [6.45, 7) is 8.40. The Labute approximate surface area is 165 Å². The van der Waals surface area contributed by atoms with E-state index >= 15 is 0 Å². The van der Waals surface area contributed by atoms with Crippen LogP contribution in [-0.2, 0) is 6.42 Å². The van der Waals surface area contributed by atoms with Gasteiger partial charge in [-0.05, 0) is 30.7 Å². The molecule has 4 nitrogen and oxygen atoms in total. The summed E-state index contributed by atoms with van der Waals surface area (Å²) in [5.74, 6) is 0.804. The van der Waals surface area contributed by atoms with Crippen molar-refractivity contribution in [1.29, 1.82) is 0 Å². The number of rotatable bonds is 3. The van der Waals surface area contributed by atoms with Crippen molar-refractivity contribution in [1.82, 2.24) is 0 Å². The Hall–Kier alpha value is -2.88. The van der Waals surface area contributed by atoms with Crippen molar-refractivity contribution in [3.63, 3.8) is 0 Å². The summed E-state index contributed by atoms with van der Waals surface area (Å²) in [6.07, 6.45) is 1.15. The van der Waals surface area contributed by atoms with E-state index in [1.807, 2.05) is 56.3 Å². The van der Waals surface area contributed by atoms with Gasteiger partial charge in [0.2, 0.25) is 0 Å². The Morgan fingerprint density at radius 2 is 1.82 bits per heavy atom. The number of benzene rings is 2. The standard InChI is InChI=1S/C24H25NO3/c1-5-25(18-12-8-10-16-9-6-7-11-17(16)18)23(27)22-15(2)21-19(26)13-24(3,4)14-20(21)28-22/h6-12H,5,13-14H2,1-4H3. The molecular weight excluding hydrogens is 350 g/mol. The molecule has 1 amide bonds. The number of anilines is 1. The highest BCUT2D eigenvalue weighted by Gasteiger charge is 2.37. The smallest absolute Gasteiger partial charge is 0.294 e. The second-order valence-corrected chi connectivity index (χ2v) is 8.34. The molecule has 144 valence electrons. The molecule has 1 aliphatic rings. The lowest BCUT2D eigenvalue weighted by molar-refractivity contribution is 0.0896. The average molecular weight is 375 g/mol. The van der Waals surface area contributed by atoms with Crippen molar-refractivity contribution in [3.05, 3.63) is 65.1 Å². The predicted molar refractivity (Wildman–Crippen MR) is 111 cm³/mol. The zero-order valence-corrected chi connectivity index (χ0v) is 16.8. The first-order valence-electron chi connectivity index (χ1n) is 9.77. The van der Waals surface area contributed by atoms with Gasteiger partial charge in [0.1, 0.15) is 5.76 Å². The van der Waals surface area contributed by atoms with Crippen molar-refractivity contribution in [2.45, 2.75) is 40.5 Å². The minimum absolute atomic E-state index is 0.0692. The van der Waals surface area contributed by atoms with Crippen molar-refractivity contribution >= 4 is 28.2 Å². The molecule has 0 saturated heterocycles. The minimum atomic E-state index is -0.198. The molecule has 1 aliphatic carbocycles. The third-order valence-corrected chi connectivity index (χ3v) is 5.59. The zero-order valence-electron chi connectivity index (χ0n) is 16.8. The quantitative estimate of drug-likeness (QED) is 0.602. The van der Waals surface area contributed by atoms with E-state index in [0.717, 1.165) is 16.5 Å². The number of Topliss-reactive ketones (excluding diaryl/α,β-unsaturated/α-hetero) is 1. The van der Waals surface area contributed by atoms with Gasteiger partial charge in [-0.3, -0.25) is 9.59 Å². The van der Waals surface area contributed by atoms with E-state index in [2.05, 4.69) is 13.8 Å². The van der Waals surface area contributed by atoms with Crippen molar-refractivity contribution in [3.8, 4) is 0 Å². The van der Waals surface area contributed by atoms with Gasteiger partial charge in [0, 0.05) is 30.3 Å². The van der Waals surface area contributed by atoms with Gasteiger partial charge in [0.05, 0.1) is 11.3 Å². The van der Waals surface area contributed by atoms with E-state index in [-0.39, 0.29) is 22.9 Å². The molecular formula is C24H25NO3. The summed E-state index contributed by atoms with van der Waals surface area (Å²) in [7, 11) is 0. The number of fused-ring (bicyclic) bond motifs is 2. The number of hydrogen-bond donors (Lipinski definition) is 0. The Balaban J connectivity index is 1.80. The first-order chi connectivity index (χ1) is 13.3. The number of hydrogen-bond acceptors (Lipinski definition) is 3. The van der Waals surface area contributed by atoms with Crippen LogP contribution in [0.15, 0.2) is 46.9 Å². The molecule has 1 heterocycles. The molecule has 1 aromatic heterocycles. The zero-order chi connectivity index (χ0) is 20.1. The predicted octanol–water partition coefficient (Wildman–Crippen LogP) is 5.56. The van der Waals surface area contributed by atoms with Gasteiger partial charge in [0.15, 0.2) is 11.5 Å². The molecule has 0 atom stereocenters. The molecule has 2 aromatic carbocycles. The first kappa shape index (κ1) is 18.5. The summed E-state index contributed by atoms with van der Waals surface area (Å²) in [4.78, 5) is 27.8. The average Bonchev–Trinajstić information content (AvgIpc) is 2.97. The Morgan fingerprint density at radius 1 is 1.11 bits per heavy atom. The highest BCUT2D eigenvalue weighted by molar-refractivity contribution is 6.12. The van der Waals surface area contributed by atoms with Crippen LogP contribution < -0.4 is 4.90 Å². The molecule has 0 spiro atoms. The molecule has 0 saturated carbocycles. The summed E-state index contributed by atoms with van der Waals surface area (Å²) in [6, 6.07) is 14.0. The molecule has 0 radical (unpaired) electrons. The van der Waals surface area contributed by atoms with Crippen LogP contribution in [0.2, 0.25) is 0 Å². The third-order valence-electron chi connectivity index (χ3n) is 5.59. The maximum absolute atomic E-state index is 13.4. The lowest BCUT2D eigenvalue weighted by Crippen LogP contribution is -2.31. The largest absolute Gasteiger partial charge is 0.455 e. The second-order valence-electron chi connectivity index (χ2n) is 8.34. The van der Waals surface area contributed by atoms with Crippen LogP contribution in [0.25, 0.3) is 10.8 Å². The molecule has 0 fully saturated rings. The van der Waals surface area contributed by atoms with Crippen LogP contribution in [0.3, 0.4) is 0 Å². The van der Waals surface area contributed by atoms with Gasteiger partial charge in [-0.2, -0.15) is 0 Å². The lowest BCUT2D eigenvalue weighted by atomic mass is 9.76. The van der Waals surface area contributed by atoms with Gasteiger partial charge in [-0.15, -0.1) is 0 Å². The Bertz CT molecular complexity index is 1090. The number of carbonyl (C=O) groups excluding carboxylic acids is 2. The van der Waals surface area contributed by atoms with E-state index in [4.69, 9.17) is 4.42 Å². The maximum Gasteiger partial charge on any atom is 0.294 e. The molecule has 0 unspecified atom stereocenters. The molecule has 28 heavy (non-hydrogen) atoms. The molecule has 0 aliphatic heterocycles. The fraction of sp³-hybridized carbons (Fsp3) is 0.333. The van der Waals surface area contributed by atoms with Crippen molar-refractivity contribution < 1.29 is 14.0 Å². The second kappa shape index (κ2) is 6.62. The number of ketones is 1.